The van der Waals surface area contributed by atoms with Gasteiger partial charge in [0.05, 0.1) is 12.4 Å². The molecule has 2 amide bonds. The minimum Gasteiger partial charge on any atom is -0.480 e. The van der Waals surface area contributed by atoms with Crippen LogP contribution in [0.1, 0.15) is 25.5 Å². The maximum absolute atomic E-state index is 12.4. The van der Waals surface area contributed by atoms with Crippen LogP contribution in [0, 0.1) is 0 Å². The molecule has 0 aliphatic rings. The van der Waals surface area contributed by atoms with Gasteiger partial charge >= 0.3 is 5.97 Å². The zero-order chi connectivity index (χ0) is 20.4. The molecule has 10 N–H and O–H groups in total. The first kappa shape index (κ1) is 21.9. The Hall–Kier alpha value is -3.15. The Morgan fingerprint density at radius 2 is 2.00 bits per heavy atom. The summed E-state index contributed by atoms with van der Waals surface area (Å²) in [5.74, 6) is -2.41. The fourth-order valence-electron chi connectivity index (χ4n) is 2.13. The van der Waals surface area contributed by atoms with Crippen molar-refractivity contribution in [1.82, 2.24) is 20.6 Å². The number of nitrogens with zero attached hydrogens (tertiary/aromatic N) is 2. The van der Waals surface area contributed by atoms with Gasteiger partial charge in [0.15, 0.2) is 5.96 Å². The second kappa shape index (κ2) is 10.8. The Bertz CT molecular complexity index is 657. The van der Waals surface area contributed by atoms with Gasteiger partial charge in [-0.2, -0.15) is 0 Å². The minimum atomic E-state index is -1.19. The molecule has 0 spiro atoms. The number of aromatic nitrogens is 2. The van der Waals surface area contributed by atoms with Crippen molar-refractivity contribution in [2.45, 2.75) is 44.3 Å². The normalized spacial score (nSPS) is 13.9. The molecule has 27 heavy (non-hydrogen) atoms. The van der Waals surface area contributed by atoms with Crippen molar-refractivity contribution in [2.75, 3.05) is 6.54 Å². The number of rotatable bonds is 11. The Labute approximate surface area is 156 Å². The highest BCUT2D eigenvalue weighted by atomic mass is 16.4. The number of amides is 2. The van der Waals surface area contributed by atoms with Crippen LogP contribution in [0.3, 0.4) is 0 Å². The van der Waals surface area contributed by atoms with Crippen LogP contribution in [0.25, 0.3) is 0 Å². The van der Waals surface area contributed by atoms with Crippen LogP contribution < -0.4 is 27.8 Å². The van der Waals surface area contributed by atoms with E-state index >= 15 is 0 Å². The number of nitrogens with two attached hydrogens (primary N) is 3. The van der Waals surface area contributed by atoms with Crippen molar-refractivity contribution in [1.29, 1.82) is 0 Å². The van der Waals surface area contributed by atoms with E-state index in [9.17, 15) is 14.4 Å². The van der Waals surface area contributed by atoms with Crippen LogP contribution in [0.5, 0.6) is 0 Å². The monoisotopic (exact) mass is 382 g/mol. The van der Waals surface area contributed by atoms with Gasteiger partial charge in [-0.3, -0.25) is 19.4 Å². The third-order valence-corrected chi connectivity index (χ3v) is 3.65. The molecule has 0 radical (unpaired) electrons. The van der Waals surface area contributed by atoms with Crippen molar-refractivity contribution in [3.8, 4) is 0 Å². The number of carboxylic acid groups (broad SMARTS) is 1. The van der Waals surface area contributed by atoms with Gasteiger partial charge in [-0.05, 0) is 19.8 Å². The lowest BCUT2D eigenvalue weighted by atomic mass is 10.1. The number of H-pyrrole nitrogens is 1. The summed E-state index contributed by atoms with van der Waals surface area (Å²) in [5.41, 5.74) is 16.9. The van der Waals surface area contributed by atoms with Crippen molar-refractivity contribution < 1.29 is 19.5 Å². The average Bonchev–Trinajstić information content (AvgIpc) is 3.10. The molecule has 12 nitrogen and oxygen atoms in total. The second-order valence-electron chi connectivity index (χ2n) is 5.97. The standard InChI is InChI=1S/C15H26N8O4/c1-8(14(26)27)22-13(25)11(5-9-6-19-7-21-9)23-12(24)10(16)3-2-4-20-15(17)18/h6-8,10-11H,2-5,16H2,1H3,(H,19,21)(H,22,25)(H,23,24)(H,26,27)(H4,17,18,20). The maximum atomic E-state index is 12.4. The van der Waals surface area contributed by atoms with Gasteiger partial charge in [0.1, 0.15) is 12.1 Å². The van der Waals surface area contributed by atoms with Crippen LogP contribution >= 0.6 is 0 Å². The van der Waals surface area contributed by atoms with Crippen LogP contribution in [0.4, 0.5) is 0 Å². The second-order valence-corrected chi connectivity index (χ2v) is 5.97. The van der Waals surface area contributed by atoms with E-state index in [0.29, 0.717) is 25.1 Å². The van der Waals surface area contributed by atoms with Crippen LogP contribution in [0.2, 0.25) is 0 Å². The topological polar surface area (TPSA) is 215 Å². The zero-order valence-electron chi connectivity index (χ0n) is 15.0. The zero-order valence-corrected chi connectivity index (χ0v) is 15.0. The molecule has 0 fully saturated rings. The lowest BCUT2D eigenvalue weighted by molar-refractivity contribution is -0.141. The van der Waals surface area contributed by atoms with Crippen molar-refractivity contribution in [3.05, 3.63) is 18.2 Å². The Balaban J connectivity index is 2.68. The maximum Gasteiger partial charge on any atom is 0.325 e. The van der Waals surface area contributed by atoms with Gasteiger partial charge in [-0.25, -0.2) is 4.98 Å². The quantitative estimate of drug-likeness (QED) is 0.122. The molecule has 0 bridgehead atoms. The third-order valence-electron chi connectivity index (χ3n) is 3.65. The van der Waals surface area contributed by atoms with E-state index in [1.54, 1.807) is 0 Å². The number of carbonyl (C=O) groups excluding carboxylic acids is 2. The largest absolute Gasteiger partial charge is 0.480 e. The molecule has 1 rings (SSSR count). The first-order valence-corrected chi connectivity index (χ1v) is 8.32. The Morgan fingerprint density at radius 1 is 1.30 bits per heavy atom. The molecule has 1 aromatic heterocycles. The number of hydrogen-bond acceptors (Lipinski definition) is 6. The molecule has 0 saturated heterocycles. The smallest absolute Gasteiger partial charge is 0.325 e. The van der Waals surface area contributed by atoms with E-state index in [0.717, 1.165) is 0 Å². The first-order chi connectivity index (χ1) is 12.7. The summed E-state index contributed by atoms with van der Waals surface area (Å²) in [4.78, 5) is 46.1. The SMILES string of the molecule is CC(NC(=O)C(Cc1cnc[nH]1)NC(=O)C(N)CCCN=C(N)N)C(=O)O. The Morgan fingerprint density at radius 3 is 2.56 bits per heavy atom. The van der Waals surface area contributed by atoms with E-state index in [2.05, 4.69) is 25.6 Å². The minimum absolute atomic E-state index is 0.0446. The highest BCUT2D eigenvalue weighted by Crippen LogP contribution is 2.02. The van der Waals surface area contributed by atoms with Gasteiger partial charge in [0.25, 0.3) is 0 Å². The number of carbonyl (C=O) groups is 3. The summed E-state index contributed by atoms with van der Waals surface area (Å²) < 4.78 is 0. The molecule has 12 heteroatoms. The number of imidazole rings is 1. The predicted octanol–water partition coefficient (Wildman–Crippen LogP) is -2.59. The van der Waals surface area contributed by atoms with E-state index in [-0.39, 0.29) is 12.4 Å². The third kappa shape index (κ3) is 8.18. The first-order valence-electron chi connectivity index (χ1n) is 8.32. The molecule has 1 aromatic rings. The fourth-order valence-corrected chi connectivity index (χ4v) is 2.13. The van der Waals surface area contributed by atoms with E-state index in [1.165, 1.54) is 19.4 Å². The average molecular weight is 382 g/mol. The summed E-state index contributed by atoms with van der Waals surface area (Å²) in [6.45, 7) is 1.65. The molecule has 150 valence electrons. The van der Waals surface area contributed by atoms with Gasteiger partial charge in [-0.15, -0.1) is 0 Å². The summed E-state index contributed by atoms with van der Waals surface area (Å²) in [5, 5.41) is 13.8. The van der Waals surface area contributed by atoms with E-state index in [1.807, 2.05) is 0 Å². The summed E-state index contributed by atoms with van der Waals surface area (Å²) in [7, 11) is 0. The molecule has 0 aliphatic heterocycles. The predicted molar refractivity (Wildman–Crippen MR) is 97.3 cm³/mol. The van der Waals surface area contributed by atoms with Gasteiger partial charge < -0.3 is 37.9 Å². The molecule has 0 saturated carbocycles. The van der Waals surface area contributed by atoms with Gasteiger partial charge in [0.2, 0.25) is 11.8 Å². The molecule has 3 unspecified atom stereocenters. The van der Waals surface area contributed by atoms with Crippen molar-refractivity contribution in [2.24, 2.45) is 22.2 Å². The lowest BCUT2D eigenvalue weighted by Gasteiger charge is -2.21. The number of nitrogens with one attached hydrogen (secondary N) is 3. The Kier molecular flexibility index (Phi) is 8.72. The summed E-state index contributed by atoms with van der Waals surface area (Å²) >= 11 is 0. The highest BCUT2D eigenvalue weighted by Gasteiger charge is 2.26. The molecular weight excluding hydrogens is 356 g/mol. The van der Waals surface area contributed by atoms with Crippen molar-refractivity contribution in [3.63, 3.8) is 0 Å². The lowest BCUT2D eigenvalue weighted by Crippen LogP contribution is -2.54. The van der Waals surface area contributed by atoms with E-state index < -0.39 is 35.9 Å². The number of carboxylic acids is 1. The van der Waals surface area contributed by atoms with Gasteiger partial charge in [0, 0.05) is 24.9 Å². The number of aromatic amines is 1. The number of aliphatic carboxylic acids is 1. The highest BCUT2D eigenvalue weighted by molar-refractivity contribution is 5.91. The number of guanidine groups is 1. The van der Waals surface area contributed by atoms with Crippen LogP contribution in [-0.4, -0.2) is 63.5 Å². The number of aliphatic imine (C=N–C) groups is 1. The number of hydrogen-bond donors (Lipinski definition) is 7. The molecule has 0 aromatic carbocycles. The molecule has 0 aliphatic carbocycles. The van der Waals surface area contributed by atoms with E-state index in [4.69, 9.17) is 22.3 Å². The summed E-state index contributed by atoms with van der Waals surface area (Å²) in [6.07, 6.45) is 3.83. The molecule has 1 heterocycles. The van der Waals surface area contributed by atoms with Crippen molar-refractivity contribution >= 4 is 23.7 Å². The van der Waals surface area contributed by atoms with Crippen LogP contribution in [0.15, 0.2) is 17.5 Å². The summed E-state index contributed by atoms with van der Waals surface area (Å²) in [6, 6.07) is -2.98. The fraction of sp³-hybridized carbons (Fsp3) is 0.533. The molecule has 3 atom stereocenters. The molecular formula is C15H26N8O4. The van der Waals surface area contributed by atoms with Crippen LogP contribution in [-0.2, 0) is 20.8 Å². The van der Waals surface area contributed by atoms with Gasteiger partial charge in [-0.1, -0.05) is 0 Å².